The molecule has 0 bridgehead atoms. The van der Waals surface area contributed by atoms with E-state index in [9.17, 15) is 9.59 Å². The van der Waals surface area contributed by atoms with Crippen LogP contribution in [0.5, 0.6) is 0 Å². The van der Waals surface area contributed by atoms with Crippen LogP contribution < -0.4 is 5.32 Å². The highest BCUT2D eigenvalue weighted by atomic mass is 35.5. The summed E-state index contributed by atoms with van der Waals surface area (Å²) in [5.41, 5.74) is -0.0727. The molecule has 174 valence electrons. The second kappa shape index (κ2) is 8.74. The Bertz CT molecular complexity index is 1060. The minimum atomic E-state index is -0.876. The van der Waals surface area contributed by atoms with Gasteiger partial charge in [0.1, 0.15) is 11.4 Å². The van der Waals surface area contributed by atoms with Gasteiger partial charge in [0.2, 0.25) is 0 Å². The number of ether oxygens (including phenoxy) is 1. The number of halogens is 1. The fourth-order valence-electron chi connectivity index (χ4n) is 4.55. The molecule has 9 heteroatoms. The molecule has 1 unspecified atom stereocenters. The Morgan fingerprint density at radius 3 is 2.67 bits per heavy atom. The second-order valence-electron chi connectivity index (χ2n) is 9.65. The molecule has 1 saturated carbocycles. The van der Waals surface area contributed by atoms with Crippen LogP contribution in [0.2, 0.25) is 5.02 Å². The van der Waals surface area contributed by atoms with Gasteiger partial charge < -0.3 is 10.1 Å². The van der Waals surface area contributed by atoms with Gasteiger partial charge in [0, 0.05) is 29.9 Å². The van der Waals surface area contributed by atoms with E-state index in [1.807, 2.05) is 32.9 Å². The zero-order valence-corrected chi connectivity index (χ0v) is 19.7. The van der Waals surface area contributed by atoms with Crippen molar-refractivity contribution in [3.05, 3.63) is 59.1 Å². The molecule has 2 heterocycles. The number of likely N-dealkylation sites (tertiary alicyclic amines) is 1. The molecule has 1 saturated heterocycles. The molecule has 33 heavy (non-hydrogen) atoms. The van der Waals surface area contributed by atoms with Gasteiger partial charge in [-0.2, -0.15) is 0 Å². The number of rotatable bonds is 4. The van der Waals surface area contributed by atoms with Gasteiger partial charge in [-0.3, -0.25) is 25.1 Å². The van der Waals surface area contributed by atoms with Gasteiger partial charge in [-0.25, -0.2) is 4.79 Å². The van der Waals surface area contributed by atoms with Crippen LogP contribution >= 0.6 is 11.6 Å². The maximum atomic E-state index is 13.2. The predicted octanol–water partition coefficient (Wildman–Crippen LogP) is 4.40. The van der Waals surface area contributed by atoms with Crippen molar-refractivity contribution in [1.29, 1.82) is 5.41 Å². The number of aromatic nitrogens is 2. The molecule has 1 aliphatic heterocycles. The number of carbonyl (C=O) groups is 2. The molecule has 0 spiro atoms. The first kappa shape index (κ1) is 23.2. The van der Waals surface area contributed by atoms with Crippen LogP contribution in [0.3, 0.4) is 0 Å². The van der Waals surface area contributed by atoms with Gasteiger partial charge in [0.15, 0.2) is 0 Å². The first-order valence-corrected chi connectivity index (χ1v) is 11.4. The zero-order valence-electron chi connectivity index (χ0n) is 19.0. The molecule has 2 fully saturated rings. The van der Waals surface area contributed by atoms with Crippen LogP contribution in [0.4, 0.5) is 4.79 Å². The molecule has 2 N–H and O–H groups in total. The smallest absolute Gasteiger partial charge is 0.323 e. The molecule has 1 atom stereocenters. The lowest BCUT2D eigenvalue weighted by atomic mass is 9.61. The van der Waals surface area contributed by atoms with Gasteiger partial charge >= 0.3 is 12.0 Å². The number of hydrogen-bond acceptors (Lipinski definition) is 6. The number of nitrogens with one attached hydrogen (secondary N) is 2. The monoisotopic (exact) mass is 469 g/mol. The average Bonchev–Trinajstić information content (AvgIpc) is 3.11. The number of hydrogen-bond donors (Lipinski definition) is 2. The summed E-state index contributed by atoms with van der Waals surface area (Å²) in [5, 5.41) is 11.8. The van der Waals surface area contributed by atoms with Gasteiger partial charge in [-0.05, 0) is 57.7 Å². The van der Waals surface area contributed by atoms with Gasteiger partial charge in [0.25, 0.3) is 0 Å². The summed E-state index contributed by atoms with van der Waals surface area (Å²) in [5.74, 6) is -0.0789. The Hall–Kier alpha value is -3.00. The minimum Gasteiger partial charge on any atom is -0.459 e. The summed E-state index contributed by atoms with van der Waals surface area (Å²) >= 11 is 6.20. The van der Waals surface area contributed by atoms with Crippen molar-refractivity contribution in [3.8, 4) is 0 Å². The molecule has 1 aliphatic carbocycles. The third kappa shape index (κ3) is 4.71. The van der Waals surface area contributed by atoms with E-state index >= 15 is 0 Å². The minimum absolute atomic E-state index is 0.236. The van der Waals surface area contributed by atoms with Gasteiger partial charge in [0.05, 0.1) is 23.3 Å². The molecule has 1 aromatic heterocycles. The lowest BCUT2D eigenvalue weighted by Gasteiger charge is -2.47. The van der Waals surface area contributed by atoms with Crippen molar-refractivity contribution in [2.45, 2.75) is 69.6 Å². The topological polar surface area (TPSA) is 108 Å². The Kier molecular flexibility index (Phi) is 6.14. The van der Waals surface area contributed by atoms with E-state index in [-0.39, 0.29) is 29.9 Å². The number of urea groups is 1. The van der Waals surface area contributed by atoms with Crippen molar-refractivity contribution in [3.63, 3.8) is 0 Å². The SMILES string of the molecule is CC(C)(C)OC(=O)C1(c2cccc(Cl)c2)CC(NC(=O)N2C(=N)CCC2c2cnccn2)C1. The molecule has 1 aromatic carbocycles. The summed E-state index contributed by atoms with van der Waals surface area (Å²) in [6.45, 7) is 5.50. The molecule has 8 nitrogen and oxygen atoms in total. The van der Waals surface area contributed by atoms with Crippen molar-refractivity contribution >= 4 is 29.4 Å². The molecule has 4 rings (SSSR count). The van der Waals surface area contributed by atoms with E-state index in [4.69, 9.17) is 21.7 Å². The largest absolute Gasteiger partial charge is 0.459 e. The third-order valence-corrected chi connectivity index (χ3v) is 6.32. The van der Waals surface area contributed by atoms with Crippen molar-refractivity contribution < 1.29 is 14.3 Å². The normalized spacial score (nSPS) is 24.8. The Labute approximate surface area is 198 Å². The highest BCUT2D eigenvalue weighted by Gasteiger charge is 2.54. The number of nitrogens with zero attached hydrogens (tertiary/aromatic N) is 3. The van der Waals surface area contributed by atoms with E-state index in [2.05, 4.69) is 15.3 Å². The number of amides is 2. The van der Waals surface area contributed by atoms with E-state index in [1.54, 1.807) is 30.7 Å². The van der Waals surface area contributed by atoms with Crippen molar-refractivity contribution in [2.75, 3.05) is 0 Å². The lowest BCUT2D eigenvalue weighted by molar-refractivity contribution is -0.167. The first-order valence-electron chi connectivity index (χ1n) is 11.0. The predicted molar refractivity (Wildman–Crippen MR) is 124 cm³/mol. The molecule has 2 aromatic rings. The summed E-state index contributed by atoms with van der Waals surface area (Å²) in [4.78, 5) is 36.2. The number of esters is 1. The number of benzene rings is 1. The maximum Gasteiger partial charge on any atom is 0.323 e. The molecular formula is C24H28ClN5O3. The molecule has 2 amide bonds. The van der Waals surface area contributed by atoms with E-state index in [0.717, 1.165) is 5.56 Å². The van der Waals surface area contributed by atoms with Crippen LogP contribution in [-0.2, 0) is 14.9 Å². The second-order valence-corrected chi connectivity index (χ2v) is 10.1. The van der Waals surface area contributed by atoms with E-state index in [0.29, 0.717) is 36.4 Å². The fraction of sp³-hybridized carbons (Fsp3) is 0.458. The van der Waals surface area contributed by atoms with Gasteiger partial charge in [-0.1, -0.05) is 23.7 Å². The highest BCUT2D eigenvalue weighted by Crippen LogP contribution is 2.46. The number of amidine groups is 1. The maximum absolute atomic E-state index is 13.2. The summed E-state index contributed by atoms with van der Waals surface area (Å²) < 4.78 is 5.73. The third-order valence-electron chi connectivity index (χ3n) is 6.08. The van der Waals surface area contributed by atoms with Crippen molar-refractivity contribution in [1.82, 2.24) is 20.2 Å². The fourth-order valence-corrected chi connectivity index (χ4v) is 4.74. The van der Waals surface area contributed by atoms with Crippen LogP contribution in [0.25, 0.3) is 0 Å². The van der Waals surface area contributed by atoms with Crippen LogP contribution in [0.1, 0.15) is 63.8 Å². The summed E-state index contributed by atoms with van der Waals surface area (Å²) in [6.07, 6.45) is 6.69. The number of carbonyl (C=O) groups excluding carboxylic acids is 2. The van der Waals surface area contributed by atoms with E-state index < -0.39 is 11.0 Å². The van der Waals surface area contributed by atoms with Gasteiger partial charge in [-0.15, -0.1) is 0 Å². The summed E-state index contributed by atoms with van der Waals surface area (Å²) in [7, 11) is 0. The standard InChI is InChI=1S/C24H28ClN5O3/c1-23(2,3)33-21(31)24(15-5-4-6-16(25)11-15)12-17(13-24)29-22(32)30-19(7-8-20(30)26)18-14-27-9-10-28-18/h4-6,9-11,14,17,19,26H,7-8,12-13H2,1-3H3,(H,29,32). The van der Waals surface area contributed by atoms with Crippen LogP contribution in [-0.4, -0.2) is 44.3 Å². The Balaban J connectivity index is 1.50. The highest BCUT2D eigenvalue weighted by molar-refractivity contribution is 6.30. The van der Waals surface area contributed by atoms with E-state index in [1.165, 1.54) is 4.90 Å². The lowest BCUT2D eigenvalue weighted by Crippen LogP contribution is -2.60. The average molecular weight is 470 g/mol. The zero-order chi connectivity index (χ0) is 23.8. The molecule has 2 aliphatic rings. The Morgan fingerprint density at radius 2 is 2.03 bits per heavy atom. The van der Waals surface area contributed by atoms with Crippen LogP contribution in [0.15, 0.2) is 42.9 Å². The van der Waals surface area contributed by atoms with Crippen LogP contribution in [0, 0.1) is 5.41 Å². The first-order chi connectivity index (χ1) is 15.6. The summed E-state index contributed by atoms with van der Waals surface area (Å²) in [6, 6.07) is 6.30. The van der Waals surface area contributed by atoms with Crippen molar-refractivity contribution in [2.24, 2.45) is 0 Å². The molecular weight excluding hydrogens is 442 g/mol. The Morgan fingerprint density at radius 1 is 1.27 bits per heavy atom. The molecule has 0 radical (unpaired) electrons. The quantitative estimate of drug-likeness (QED) is 0.645.